The van der Waals surface area contributed by atoms with Gasteiger partial charge in [-0.05, 0) is 41.8 Å². The Kier molecular flexibility index (Phi) is 5.08. The van der Waals surface area contributed by atoms with E-state index in [2.05, 4.69) is 5.32 Å². The molecule has 0 saturated carbocycles. The van der Waals surface area contributed by atoms with Crippen LogP contribution in [-0.4, -0.2) is 20.3 Å². The molecule has 0 spiro atoms. The predicted molar refractivity (Wildman–Crippen MR) is 82.0 cm³/mol. The topological polar surface area (TPSA) is 21.3 Å². The van der Waals surface area contributed by atoms with Gasteiger partial charge in [0.05, 0.1) is 12.2 Å². The van der Waals surface area contributed by atoms with Gasteiger partial charge in [0, 0.05) is 19.3 Å². The normalized spacial score (nSPS) is 11.5. The molecule has 5 heteroatoms. The highest BCUT2D eigenvalue weighted by molar-refractivity contribution is 5.73. The minimum atomic E-state index is -4.31. The molecular weight excluding hydrogens is 291 g/mol. The molecule has 0 heterocycles. The molecule has 0 unspecified atom stereocenters. The summed E-state index contributed by atoms with van der Waals surface area (Å²) in [5.41, 5.74) is 2.99. The van der Waals surface area contributed by atoms with Crippen molar-refractivity contribution in [1.29, 1.82) is 0 Å². The largest absolute Gasteiger partial charge is 0.416 e. The lowest BCUT2D eigenvalue weighted by atomic mass is 9.98. The molecule has 0 aliphatic heterocycles. The van der Waals surface area contributed by atoms with E-state index >= 15 is 0 Å². The molecule has 0 atom stereocenters. The van der Waals surface area contributed by atoms with Crippen LogP contribution in [-0.2, 0) is 10.9 Å². The van der Waals surface area contributed by atoms with Crippen molar-refractivity contribution >= 4 is 5.69 Å². The molecule has 22 heavy (non-hydrogen) atoms. The average Bonchev–Trinajstić information content (AvgIpc) is 2.48. The van der Waals surface area contributed by atoms with Crippen molar-refractivity contribution in [2.45, 2.75) is 13.1 Å². The third-order valence-corrected chi connectivity index (χ3v) is 3.48. The van der Waals surface area contributed by atoms with Crippen LogP contribution in [0.15, 0.2) is 42.5 Å². The predicted octanol–water partition coefficient (Wildman–Crippen LogP) is 4.74. The fourth-order valence-electron chi connectivity index (χ4n) is 2.27. The Morgan fingerprint density at radius 3 is 2.32 bits per heavy atom. The smallest absolute Gasteiger partial charge is 0.383 e. The number of methoxy groups -OCH3 is 1. The van der Waals surface area contributed by atoms with Gasteiger partial charge >= 0.3 is 6.18 Å². The Balaban J connectivity index is 2.27. The molecule has 1 N–H and O–H groups in total. The quantitative estimate of drug-likeness (QED) is 0.806. The van der Waals surface area contributed by atoms with E-state index in [0.717, 1.165) is 34.5 Å². The second-order valence-electron chi connectivity index (χ2n) is 4.97. The van der Waals surface area contributed by atoms with Crippen molar-refractivity contribution in [1.82, 2.24) is 0 Å². The number of hydrogen-bond acceptors (Lipinski definition) is 2. The van der Waals surface area contributed by atoms with E-state index in [-0.39, 0.29) is 0 Å². The van der Waals surface area contributed by atoms with E-state index in [0.29, 0.717) is 13.2 Å². The van der Waals surface area contributed by atoms with Crippen LogP contribution >= 0.6 is 0 Å². The number of anilines is 1. The summed E-state index contributed by atoms with van der Waals surface area (Å²) in [6, 6.07) is 11.0. The summed E-state index contributed by atoms with van der Waals surface area (Å²) in [4.78, 5) is 0. The van der Waals surface area contributed by atoms with Crippen LogP contribution in [0.25, 0.3) is 11.1 Å². The summed E-state index contributed by atoms with van der Waals surface area (Å²) in [6.45, 7) is 3.21. The van der Waals surface area contributed by atoms with Gasteiger partial charge < -0.3 is 10.1 Å². The van der Waals surface area contributed by atoms with Gasteiger partial charge in [0.25, 0.3) is 0 Å². The molecule has 0 aliphatic carbocycles. The monoisotopic (exact) mass is 309 g/mol. The first kappa shape index (κ1) is 16.4. The molecule has 0 amide bonds. The van der Waals surface area contributed by atoms with E-state index in [4.69, 9.17) is 4.74 Å². The summed E-state index contributed by atoms with van der Waals surface area (Å²) in [5.74, 6) is 0. The highest BCUT2D eigenvalue weighted by Crippen LogP contribution is 2.33. The molecular formula is C17H18F3NO. The number of rotatable bonds is 5. The zero-order valence-corrected chi connectivity index (χ0v) is 12.5. The number of alkyl halides is 3. The van der Waals surface area contributed by atoms with Gasteiger partial charge in [-0.3, -0.25) is 0 Å². The number of benzene rings is 2. The van der Waals surface area contributed by atoms with Gasteiger partial charge in [-0.25, -0.2) is 0 Å². The Morgan fingerprint density at radius 2 is 1.73 bits per heavy atom. The minimum Gasteiger partial charge on any atom is -0.383 e. The maximum absolute atomic E-state index is 12.6. The Bertz CT molecular complexity index is 621. The maximum atomic E-state index is 12.6. The minimum absolute atomic E-state index is 0.587. The SMILES string of the molecule is COCCNc1cccc(-c2ccc(C(F)(F)F)cc2)c1C. The lowest BCUT2D eigenvalue weighted by Gasteiger charge is -2.14. The van der Waals surface area contributed by atoms with E-state index < -0.39 is 11.7 Å². The molecule has 0 aromatic heterocycles. The van der Waals surface area contributed by atoms with Gasteiger partial charge in [-0.15, -0.1) is 0 Å². The first-order chi connectivity index (χ1) is 10.4. The van der Waals surface area contributed by atoms with Crippen LogP contribution in [0, 0.1) is 6.92 Å². The van der Waals surface area contributed by atoms with E-state index in [9.17, 15) is 13.2 Å². The number of halogens is 3. The molecule has 2 nitrogen and oxygen atoms in total. The fourth-order valence-corrected chi connectivity index (χ4v) is 2.27. The Labute approximate surface area is 127 Å². The standard InChI is InChI=1S/C17H18F3NO/c1-12-15(4-3-5-16(12)21-10-11-22-2)13-6-8-14(9-7-13)17(18,19)20/h3-9,21H,10-11H2,1-2H3. The molecule has 0 aliphatic rings. The van der Waals surface area contributed by atoms with Crippen molar-refractivity contribution in [3.05, 3.63) is 53.6 Å². The summed E-state index contributed by atoms with van der Waals surface area (Å²) in [5, 5.41) is 3.25. The Hall–Kier alpha value is -2.01. The molecule has 118 valence electrons. The maximum Gasteiger partial charge on any atom is 0.416 e. The highest BCUT2D eigenvalue weighted by atomic mass is 19.4. The van der Waals surface area contributed by atoms with Crippen molar-refractivity contribution in [3.8, 4) is 11.1 Å². The summed E-state index contributed by atoms with van der Waals surface area (Å²) >= 11 is 0. The molecule has 0 saturated heterocycles. The van der Waals surface area contributed by atoms with Crippen molar-refractivity contribution in [2.75, 3.05) is 25.6 Å². The van der Waals surface area contributed by atoms with Crippen LogP contribution in [0.3, 0.4) is 0 Å². The third kappa shape index (κ3) is 3.80. The molecule has 0 bridgehead atoms. The molecule has 0 fully saturated rings. The Morgan fingerprint density at radius 1 is 1.05 bits per heavy atom. The van der Waals surface area contributed by atoms with Gasteiger partial charge in [0.15, 0.2) is 0 Å². The van der Waals surface area contributed by atoms with Crippen molar-refractivity contribution in [3.63, 3.8) is 0 Å². The number of hydrogen-bond donors (Lipinski definition) is 1. The molecule has 0 radical (unpaired) electrons. The third-order valence-electron chi connectivity index (χ3n) is 3.48. The van der Waals surface area contributed by atoms with E-state index in [1.165, 1.54) is 12.1 Å². The van der Waals surface area contributed by atoms with Gasteiger partial charge in [0.2, 0.25) is 0 Å². The zero-order valence-electron chi connectivity index (χ0n) is 12.5. The van der Waals surface area contributed by atoms with Crippen LogP contribution in [0.1, 0.15) is 11.1 Å². The van der Waals surface area contributed by atoms with Crippen molar-refractivity contribution in [2.24, 2.45) is 0 Å². The number of nitrogens with one attached hydrogen (secondary N) is 1. The van der Waals surface area contributed by atoms with Crippen LogP contribution in [0.2, 0.25) is 0 Å². The van der Waals surface area contributed by atoms with Crippen molar-refractivity contribution < 1.29 is 17.9 Å². The van der Waals surface area contributed by atoms with E-state index in [1.54, 1.807) is 7.11 Å². The van der Waals surface area contributed by atoms with Crippen LogP contribution in [0.4, 0.5) is 18.9 Å². The van der Waals surface area contributed by atoms with Gasteiger partial charge in [0.1, 0.15) is 0 Å². The van der Waals surface area contributed by atoms with Crippen LogP contribution < -0.4 is 5.32 Å². The number of ether oxygens (including phenoxy) is 1. The lowest BCUT2D eigenvalue weighted by molar-refractivity contribution is -0.137. The van der Waals surface area contributed by atoms with Gasteiger partial charge in [-0.1, -0.05) is 24.3 Å². The first-order valence-corrected chi connectivity index (χ1v) is 6.93. The lowest BCUT2D eigenvalue weighted by Crippen LogP contribution is -2.08. The average molecular weight is 309 g/mol. The van der Waals surface area contributed by atoms with Gasteiger partial charge in [-0.2, -0.15) is 13.2 Å². The second-order valence-corrected chi connectivity index (χ2v) is 4.97. The zero-order chi connectivity index (χ0) is 16.2. The highest BCUT2D eigenvalue weighted by Gasteiger charge is 2.30. The molecule has 2 aromatic carbocycles. The molecule has 2 aromatic rings. The first-order valence-electron chi connectivity index (χ1n) is 6.93. The second kappa shape index (κ2) is 6.83. The summed E-state index contributed by atoms with van der Waals surface area (Å²) < 4.78 is 42.8. The summed E-state index contributed by atoms with van der Waals surface area (Å²) in [7, 11) is 1.63. The fraction of sp³-hybridized carbons (Fsp3) is 0.294. The molecule has 2 rings (SSSR count). The summed E-state index contributed by atoms with van der Waals surface area (Å²) in [6.07, 6.45) is -4.31. The van der Waals surface area contributed by atoms with E-state index in [1.807, 2.05) is 25.1 Å². The van der Waals surface area contributed by atoms with Crippen LogP contribution in [0.5, 0.6) is 0 Å².